The summed E-state index contributed by atoms with van der Waals surface area (Å²) in [4.78, 5) is 12.5. The monoisotopic (exact) mass is 395 g/mol. The minimum Gasteiger partial charge on any atom is -0.381 e. The Morgan fingerprint density at radius 2 is 1.92 bits per heavy atom. The lowest BCUT2D eigenvalue weighted by Gasteiger charge is -2.38. The molecule has 1 saturated heterocycles. The van der Waals surface area contributed by atoms with Crippen LogP contribution in [0, 0.1) is 12.7 Å². The van der Waals surface area contributed by atoms with E-state index in [2.05, 4.69) is 5.32 Å². The summed E-state index contributed by atoms with van der Waals surface area (Å²) in [6.07, 6.45) is 1.47. The Morgan fingerprint density at radius 3 is 2.58 bits per heavy atom. The highest BCUT2D eigenvalue weighted by Crippen LogP contribution is 2.39. The topological polar surface area (TPSA) is 38.3 Å². The predicted octanol–water partition coefficient (Wildman–Crippen LogP) is 4.92. The molecule has 0 radical (unpaired) electrons. The van der Waals surface area contributed by atoms with Crippen LogP contribution in [0.5, 0.6) is 0 Å². The van der Waals surface area contributed by atoms with Gasteiger partial charge in [-0.25, -0.2) is 4.39 Å². The van der Waals surface area contributed by atoms with Gasteiger partial charge in [0.15, 0.2) is 0 Å². The Morgan fingerprint density at radius 1 is 1.19 bits per heavy atom. The van der Waals surface area contributed by atoms with E-state index in [0.29, 0.717) is 40.9 Å². The zero-order valence-electron chi connectivity index (χ0n) is 14.5. The number of aryl methyl sites for hydroxylation is 1. The standard InChI is InChI=1S/C20H20Cl2FNO2/c1-13-2-3-14(10-18(13)23)19(25)24-12-20(6-8-26-9-7-20)16-5-4-15(21)11-17(16)22/h2-5,10-11H,6-9,12H2,1H3,(H,24,25). The van der Waals surface area contributed by atoms with E-state index in [0.717, 1.165) is 18.4 Å². The van der Waals surface area contributed by atoms with Gasteiger partial charge >= 0.3 is 0 Å². The van der Waals surface area contributed by atoms with Crippen molar-refractivity contribution < 1.29 is 13.9 Å². The van der Waals surface area contributed by atoms with Gasteiger partial charge in [0.05, 0.1) is 0 Å². The highest BCUT2D eigenvalue weighted by Gasteiger charge is 2.36. The lowest BCUT2D eigenvalue weighted by molar-refractivity contribution is 0.0487. The van der Waals surface area contributed by atoms with Crippen molar-refractivity contribution in [2.45, 2.75) is 25.2 Å². The van der Waals surface area contributed by atoms with Gasteiger partial charge in [-0.2, -0.15) is 0 Å². The summed E-state index contributed by atoms with van der Waals surface area (Å²) in [5.41, 5.74) is 1.42. The SMILES string of the molecule is Cc1ccc(C(=O)NCC2(c3ccc(Cl)cc3Cl)CCOCC2)cc1F. The van der Waals surface area contributed by atoms with E-state index in [-0.39, 0.29) is 17.1 Å². The first kappa shape index (κ1) is 19.2. The maximum Gasteiger partial charge on any atom is 0.251 e. The van der Waals surface area contributed by atoms with Gasteiger partial charge in [0.25, 0.3) is 5.91 Å². The molecule has 3 rings (SSSR count). The van der Waals surface area contributed by atoms with E-state index in [9.17, 15) is 9.18 Å². The molecule has 3 nitrogen and oxygen atoms in total. The molecule has 1 N–H and O–H groups in total. The van der Waals surface area contributed by atoms with Crippen molar-refractivity contribution in [2.24, 2.45) is 0 Å². The zero-order chi connectivity index (χ0) is 18.7. The average Bonchev–Trinajstić information content (AvgIpc) is 2.62. The smallest absolute Gasteiger partial charge is 0.251 e. The molecule has 0 bridgehead atoms. The van der Waals surface area contributed by atoms with Gasteiger partial charge in [-0.3, -0.25) is 4.79 Å². The van der Waals surface area contributed by atoms with Crippen LogP contribution in [0.25, 0.3) is 0 Å². The van der Waals surface area contributed by atoms with E-state index < -0.39 is 0 Å². The van der Waals surface area contributed by atoms with E-state index in [4.69, 9.17) is 27.9 Å². The Balaban J connectivity index is 1.82. The summed E-state index contributed by atoms with van der Waals surface area (Å²) in [7, 11) is 0. The summed E-state index contributed by atoms with van der Waals surface area (Å²) in [5, 5.41) is 4.09. The second kappa shape index (κ2) is 7.95. The van der Waals surface area contributed by atoms with Gasteiger partial charge in [0.2, 0.25) is 0 Å². The summed E-state index contributed by atoms with van der Waals surface area (Å²) < 4.78 is 19.2. The molecule has 6 heteroatoms. The number of nitrogens with one attached hydrogen (secondary N) is 1. The van der Waals surface area contributed by atoms with Crippen LogP contribution in [-0.4, -0.2) is 25.7 Å². The van der Waals surface area contributed by atoms with Crippen LogP contribution in [0.3, 0.4) is 0 Å². The molecule has 0 saturated carbocycles. The fourth-order valence-electron chi connectivity index (χ4n) is 3.31. The van der Waals surface area contributed by atoms with Crippen LogP contribution in [0.2, 0.25) is 10.0 Å². The van der Waals surface area contributed by atoms with Gasteiger partial charge in [-0.15, -0.1) is 0 Å². The molecule has 2 aromatic carbocycles. The molecule has 1 aliphatic rings. The normalized spacial score (nSPS) is 16.3. The van der Waals surface area contributed by atoms with Crippen LogP contribution in [0.4, 0.5) is 4.39 Å². The Kier molecular flexibility index (Phi) is 5.86. The third-order valence-corrected chi connectivity index (χ3v) is 5.52. The molecule has 0 aliphatic carbocycles. The maximum atomic E-state index is 13.7. The van der Waals surface area contributed by atoms with Crippen molar-refractivity contribution in [3.8, 4) is 0 Å². The van der Waals surface area contributed by atoms with Crippen LogP contribution in [-0.2, 0) is 10.2 Å². The van der Waals surface area contributed by atoms with Crippen LogP contribution in [0.15, 0.2) is 36.4 Å². The lowest BCUT2D eigenvalue weighted by atomic mass is 9.74. The second-order valence-electron chi connectivity index (χ2n) is 6.66. The largest absolute Gasteiger partial charge is 0.381 e. The number of hydrogen-bond donors (Lipinski definition) is 1. The molecule has 0 unspecified atom stereocenters. The first-order valence-corrected chi connectivity index (χ1v) is 9.24. The fraction of sp³-hybridized carbons (Fsp3) is 0.350. The van der Waals surface area contributed by atoms with Crippen molar-refractivity contribution in [2.75, 3.05) is 19.8 Å². The molecule has 2 aromatic rings. The van der Waals surface area contributed by atoms with Gasteiger partial charge in [-0.05, 0) is 55.2 Å². The Labute approximate surface area is 162 Å². The first-order chi connectivity index (χ1) is 12.4. The lowest BCUT2D eigenvalue weighted by Crippen LogP contribution is -2.44. The third kappa shape index (κ3) is 4.03. The van der Waals surface area contributed by atoms with Crippen LogP contribution < -0.4 is 5.32 Å². The summed E-state index contributed by atoms with van der Waals surface area (Å²) >= 11 is 12.5. The molecule has 26 heavy (non-hydrogen) atoms. The van der Waals surface area contributed by atoms with Crippen molar-refractivity contribution in [1.29, 1.82) is 0 Å². The van der Waals surface area contributed by atoms with Gasteiger partial charge in [0.1, 0.15) is 5.82 Å². The molecule has 1 aliphatic heterocycles. The number of rotatable bonds is 4. The Bertz CT molecular complexity index is 819. The third-order valence-electron chi connectivity index (χ3n) is 4.97. The van der Waals surface area contributed by atoms with Gasteiger partial charge in [0, 0.05) is 40.8 Å². The molecule has 1 heterocycles. The highest BCUT2D eigenvalue weighted by atomic mass is 35.5. The highest BCUT2D eigenvalue weighted by molar-refractivity contribution is 6.35. The fourth-order valence-corrected chi connectivity index (χ4v) is 3.92. The predicted molar refractivity (Wildman–Crippen MR) is 102 cm³/mol. The summed E-state index contributed by atoms with van der Waals surface area (Å²) in [6.45, 7) is 3.24. The maximum absolute atomic E-state index is 13.7. The van der Waals surface area contributed by atoms with Crippen molar-refractivity contribution >= 4 is 29.1 Å². The molecular weight excluding hydrogens is 376 g/mol. The zero-order valence-corrected chi connectivity index (χ0v) is 16.0. The number of carbonyl (C=O) groups is 1. The molecule has 138 valence electrons. The van der Waals surface area contributed by atoms with Gasteiger partial charge in [-0.1, -0.05) is 35.3 Å². The van der Waals surface area contributed by atoms with Gasteiger partial charge < -0.3 is 10.1 Å². The van der Waals surface area contributed by atoms with Crippen molar-refractivity contribution in [3.63, 3.8) is 0 Å². The Hall–Kier alpha value is -1.62. The number of amides is 1. The molecule has 1 amide bonds. The first-order valence-electron chi connectivity index (χ1n) is 8.49. The number of hydrogen-bond acceptors (Lipinski definition) is 2. The summed E-state index contributed by atoms with van der Waals surface area (Å²) in [5.74, 6) is -0.695. The average molecular weight is 396 g/mol. The second-order valence-corrected chi connectivity index (χ2v) is 7.51. The quantitative estimate of drug-likeness (QED) is 0.797. The number of halogens is 3. The van der Waals surface area contributed by atoms with E-state index >= 15 is 0 Å². The van der Waals surface area contributed by atoms with E-state index in [1.165, 1.54) is 6.07 Å². The minimum atomic E-state index is -0.390. The molecular formula is C20H20Cl2FNO2. The number of benzene rings is 2. The van der Waals surface area contributed by atoms with Crippen molar-refractivity contribution in [1.82, 2.24) is 5.32 Å². The van der Waals surface area contributed by atoms with Crippen molar-refractivity contribution in [3.05, 3.63) is 69.0 Å². The molecule has 0 spiro atoms. The van der Waals surface area contributed by atoms with Crippen LogP contribution in [0.1, 0.15) is 34.3 Å². The summed E-state index contributed by atoms with van der Waals surface area (Å²) in [6, 6.07) is 9.92. The van der Waals surface area contributed by atoms with E-state index in [1.54, 1.807) is 31.2 Å². The molecule has 0 aromatic heterocycles. The number of ether oxygens (including phenoxy) is 1. The molecule has 1 fully saturated rings. The van der Waals surface area contributed by atoms with E-state index in [1.807, 2.05) is 6.07 Å². The minimum absolute atomic E-state index is 0.303. The number of carbonyl (C=O) groups excluding carboxylic acids is 1. The van der Waals surface area contributed by atoms with Crippen LogP contribution >= 0.6 is 23.2 Å². The molecule has 0 atom stereocenters.